The van der Waals surface area contributed by atoms with Crippen molar-refractivity contribution >= 4 is 16.5 Å². The van der Waals surface area contributed by atoms with E-state index in [-0.39, 0.29) is 5.56 Å². The molecule has 0 bridgehead atoms. The van der Waals surface area contributed by atoms with Crippen LogP contribution in [0.1, 0.15) is 41.1 Å². The van der Waals surface area contributed by atoms with Crippen molar-refractivity contribution in [2.45, 2.75) is 57.7 Å². The molecule has 2 aromatic rings. The van der Waals surface area contributed by atoms with Gasteiger partial charge in [-0.05, 0) is 37.7 Å². The van der Waals surface area contributed by atoms with E-state index in [4.69, 9.17) is 9.72 Å². The molecule has 5 rings (SSSR count). The van der Waals surface area contributed by atoms with Gasteiger partial charge >= 0.3 is 0 Å². The minimum atomic E-state index is 0.0410. The first kappa shape index (κ1) is 15.5. The standard InChI is InChI=1S/C18H22N4O2S/c23-17-9-12-3-1-5-14(12)20-22(17)10-13-4-2-7-21(13)18-19-15-6-8-24-11-16(15)25-18/h9,13H,1-8,10-11H2. The van der Waals surface area contributed by atoms with Crippen LogP contribution >= 0.6 is 11.3 Å². The summed E-state index contributed by atoms with van der Waals surface area (Å²) in [6.07, 6.45) is 6.27. The summed E-state index contributed by atoms with van der Waals surface area (Å²) < 4.78 is 7.23. The molecule has 1 unspecified atom stereocenters. The molecule has 0 spiro atoms. The van der Waals surface area contributed by atoms with E-state index in [2.05, 4.69) is 10.00 Å². The largest absolute Gasteiger partial charge is 0.375 e. The molecule has 7 heteroatoms. The zero-order valence-electron chi connectivity index (χ0n) is 14.2. The number of hydrogen-bond acceptors (Lipinski definition) is 6. The lowest BCUT2D eigenvalue weighted by atomic mass is 10.2. The Balaban J connectivity index is 1.40. The Morgan fingerprint density at radius 1 is 1.24 bits per heavy atom. The Bertz CT molecular complexity index is 836. The van der Waals surface area contributed by atoms with Gasteiger partial charge in [0.25, 0.3) is 5.56 Å². The molecule has 0 amide bonds. The monoisotopic (exact) mass is 358 g/mol. The van der Waals surface area contributed by atoms with Crippen LogP contribution in [-0.2, 0) is 37.2 Å². The fourth-order valence-electron chi connectivity index (χ4n) is 4.18. The van der Waals surface area contributed by atoms with Crippen LogP contribution in [0.2, 0.25) is 0 Å². The van der Waals surface area contributed by atoms with Crippen LogP contribution in [0, 0.1) is 0 Å². The average Bonchev–Trinajstić information content (AvgIpc) is 3.33. The summed E-state index contributed by atoms with van der Waals surface area (Å²) in [5.74, 6) is 0. The highest BCUT2D eigenvalue weighted by atomic mass is 32.1. The molecule has 6 nitrogen and oxygen atoms in total. The van der Waals surface area contributed by atoms with Crippen LogP contribution in [0.25, 0.3) is 0 Å². The molecular weight excluding hydrogens is 336 g/mol. The number of rotatable bonds is 3. The molecule has 4 heterocycles. The van der Waals surface area contributed by atoms with Crippen molar-refractivity contribution in [3.05, 3.63) is 38.2 Å². The number of nitrogens with zero attached hydrogens (tertiary/aromatic N) is 4. The van der Waals surface area contributed by atoms with E-state index in [1.165, 1.54) is 10.6 Å². The van der Waals surface area contributed by atoms with Gasteiger partial charge in [0, 0.05) is 19.0 Å². The predicted molar refractivity (Wildman–Crippen MR) is 96.4 cm³/mol. The van der Waals surface area contributed by atoms with E-state index in [1.54, 1.807) is 22.1 Å². The van der Waals surface area contributed by atoms with Gasteiger partial charge in [0.1, 0.15) is 0 Å². The number of thiazole rings is 1. The summed E-state index contributed by atoms with van der Waals surface area (Å²) in [7, 11) is 0. The van der Waals surface area contributed by atoms with Gasteiger partial charge in [-0.25, -0.2) is 9.67 Å². The second-order valence-electron chi connectivity index (χ2n) is 7.15. The molecule has 1 fully saturated rings. The highest BCUT2D eigenvalue weighted by molar-refractivity contribution is 7.15. The van der Waals surface area contributed by atoms with Crippen LogP contribution < -0.4 is 10.5 Å². The second kappa shape index (κ2) is 6.21. The van der Waals surface area contributed by atoms with Gasteiger partial charge in [-0.2, -0.15) is 5.10 Å². The molecule has 0 radical (unpaired) electrons. The van der Waals surface area contributed by atoms with Gasteiger partial charge in [0.2, 0.25) is 0 Å². The van der Waals surface area contributed by atoms with Gasteiger partial charge in [0.15, 0.2) is 5.13 Å². The molecule has 0 N–H and O–H groups in total. The first-order chi connectivity index (χ1) is 12.3. The van der Waals surface area contributed by atoms with E-state index >= 15 is 0 Å². The van der Waals surface area contributed by atoms with Crippen molar-refractivity contribution in [1.82, 2.24) is 14.8 Å². The molecular formula is C18H22N4O2S. The van der Waals surface area contributed by atoms with E-state index in [9.17, 15) is 4.79 Å². The first-order valence-corrected chi connectivity index (χ1v) is 10.0. The maximum Gasteiger partial charge on any atom is 0.267 e. The van der Waals surface area contributed by atoms with Crippen molar-refractivity contribution in [3.63, 3.8) is 0 Å². The normalized spacial score (nSPS) is 22.2. The molecule has 132 valence electrons. The molecule has 0 saturated carbocycles. The van der Waals surface area contributed by atoms with Crippen LogP contribution in [0.15, 0.2) is 10.9 Å². The van der Waals surface area contributed by atoms with E-state index in [0.29, 0.717) is 19.2 Å². The SMILES string of the molecule is O=c1cc2c(nn1CC1CCCN1c1nc3c(s1)COCC3)CCC2. The molecule has 0 aromatic carbocycles. The fraction of sp³-hybridized carbons (Fsp3) is 0.611. The summed E-state index contributed by atoms with van der Waals surface area (Å²) in [5.41, 5.74) is 3.51. The maximum atomic E-state index is 12.4. The Morgan fingerprint density at radius 2 is 2.20 bits per heavy atom. The smallest absolute Gasteiger partial charge is 0.267 e. The van der Waals surface area contributed by atoms with Crippen LogP contribution in [0.4, 0.5) is 5.13 Å². The third-order valence-electron chi connectivity index (χ3n) is 5.51. The molecule has 25 heavy (non-hydrogen) atoms. The van der Waals surface area contributed by atoms with Crippen molar-refractivity contribution < 1.29 is 4.74 Å². The van der Waals surface area contributed by atoms with E-state index in [0.717, 1.165) is 68.1 Å². The summed E-state index contributed by atoms with van der Waals surface area (Å²) in [6.45, 7) is 3.13. The van der Waals surface area contributed by atoms with Gasteiger partial charge in [-0.15, -0.1) is 0 Å². The number of anilines is 1. The summed E-state index contributed by atoms with van der Waals surface area (Å²) in [5, 5.41) is 5.74. The predicted octanol–water partition coefficient (Wildman–Crippen LogP) is 1.93. The zero-order chi connectivity index (χ0) is 16.8. The molecule has 2 aromatic heterocycles. The number of aryl methyl sites for hydroxylation is 2. The van der Waals surface area contributed by atoms with Crippen molar-refractivity contribution in [1.29, 1.82) is 0 Å². The third kappa shape index (κ3) is 2.79. The van der Waals surface area contributed by atoms with Crippen LogP contribution in [0.5, 0.6) is 0 Å². The number of ether oxygens (including phenoxy) is 1. The van der Waals surface area contributed by atoms with Crippen LogP contribution in [-0.4, -0.2) is 34.0 Å². The minimum absolute atomic E-state index is 0.0410. The average molecular weight is 358 g/mol. The Hall–Kier alpha value is -1.73. The van der Waals surface area contributed by atoms with E-state index < -0.39 is 0 Å². The lowest BCUT2D eigenvalue weighted by molar-refractivity contribution is 0.112. The first-order valence-electron chi connectivity index (χ1n) is 9.21. The quantitative estimate of drug-likeness (QED) is 0.839. The van der Waals surface area contributed by atoms with E-state index in [1.807, 2.05) is 0 Å². The summed E-state index contributed by atoms with van der Waals surface area (Å²) in [4.78, 5) is 20.9. The molecule has 2 aliphatic heterocycles. The highest BCUT2D eigenvalue weighted by Crippen LogP contribution is 2.34. The summed E-state index contributed by atoms with van der Waals surface area (Å²) in [6, 6.07) is 2.10. The van der Waals surface area contributed by atoms with Crippen molar-refractivity contribution in [2.24, 2.45) is 0 Å². The number of hydrogen-bond donors (Lipinski definition) is 0. The molecule has 1 aliphatic carbocycles. The molecule has 1 saturated heterocycles. The Morgan fingerprint density at radius 3 is 3.12 bits per heavy atom. The lowest BCUT2D eigenvalue weighted by Crippen LogP contribution is -2.37. The van der Waals surface area contributed by atoms with Crippen molar-refractivity contribution in [2.75, 3.05) is 18.1 Å². The van der Waals surface area contributed by atoms with Gasteiger partial charge in [-0.1, -0.05) is 11.3 Å². The topological polar surface area (TPSA) is 60.2 Å². The van der Waals surface area contributed by atoms with Crippen molar-refractivity contribution in [3.8, 4) is 0 Å². The Labute approximate surface area is 150 Å². The highest BCUT2D eigenvalue weighted by Gasteiger charge is 2.30. The summed E-state index contributed by atoms with van der Waals surface area (Å²) >= 11 is 1.75. The van der Waals surface area contributed by atoms with Gasteiger partial charge in [-0.3, -0.25) is 4.79 Å². The second-order valence-corrected chi connectivity index (χ2v) is 8.21. The third-order valence-corrected chi connectivity index (χ3v) is 6.62. The zero-order valence-corrected chi connectivity index (χ0v) is 15.1. The lowest BCUT2D eigenvalue weighted by Gasteiger charge is -2.24. The van der Waals surface area contributed by atoms with Gasteiger partial charge < -0.3 is 9.64 Å². The van der Waals surface area contributed by atoms with Crippen LogP contribution in [0.3, 0.4) is 0 Å². The minimum Gasteiger partial charge on any atom is -0.375 e. The van der Waals surface area contributed by atoms with Gasteiger partial charge in [0.05, 0.1) is 42.1 Å². The maximum absolute atomic E-state index is 12.4. The number of fused-ring (bicyclic) bond motifs is 2. The molecule has 1 atom stereocenters. The molecule has 3 aliphatic rings. The fourth-order valence-corrected chi connectivity index (χ4v) is 5.32. The Kier molecular flexibility index (Phi) is 3.86. The number of aromatic nitrogens is 3.